The number of carbonyl (C=O) groups excluding carboxylic acids is 1. The number of carbonyl (C=O) groups is 1. The SMILES string of the molecule is Cc1ccccc1-c1cccc2[nH]c3c(c12)CCN1C(=O)[C@H]2[C@H](C)ON(C)[C@H]2C[C@@H]31. The standard InChI is InChI=1S/C25H27N3O2/c1-14-7-4-5-8-16(14)17-9-6-10-19-23(17)18-11-12-28-21(24(18)26-19)13-20-22(25(28)29)15(2)30-27(20)3/h4-10,15,20-22,26H,11-13H2,1-3H3/t15-,20-,21-,22-/m0/s1. The Morgan fingerprint density at radius 2 is 1.90 bits per heavy atom. The van der Waals surface area contributed by atoms with E-state index in [0.29, 0.717) is 0 Å². The lowest BCUT2D eigenvalue weighted by Gasteiger charge is -2.44. The molecule has 1 aromatic heterocycles. The molecule has 3 aliphatic rings. The van der Waals surface area contributed by atoms with Gasteiger partial charge in [-0.3, -0.25) is 9.63 Å². The van der Waals surface area contributed by atoms with Crippen molar-refractivity contribution in [2.45, 2.75) is 44.9 Å². The first-order chi connectivity index (χ1) is 14.5. The van der Waals surface area contributed by atoms with Crippen LogP contribution < -0.4 is 0 Å². The largest absolute Gasteiger partial charge is 0.356 e. The van der Waals surface area contributed by atoms with Crippen molar-refractivity contribution < 1.29 is 9.63 Å². The summed E-state index contributed by atoms with van der Waals surface area (Å²) in [5, 5.41) is 3.24. The summed E-state index contributed by atoms with van der Waals surface area (Å²) >= 11 is 0. The molecule has 5 heteroatoms. The molecule has 30 heavy (non-hydrogen) atoms. The Kier molecular flexibility index (Phi) is 3.89. The number of nitrogens with one attached hydrogen (secondary N) is 1. The number of piperidine rings is 1. The number of aromatic nitrogens is 1. The minimum Gasteiger partial charge on any atom is -0.356 e. The van der Waals surface area contributed by atoms with Crippen LogP contribution in [-0.4, -0.2) is 46.6 Å². The van der Waals surface area contributed by atoms with Crippen molar-refractivity contribution in [1.82, 2.24) is 14.9 Å². The Morgan fingerprint density at radius 3 is 2.73 bits per heavy atom. The molecule has 0 bridgehead atoms. The van der Waals surface area contributed by atoms with Crippen LogP contribution in [0.4, 0.5) is 0 Å². The predicted molar refractivity (Wildman–Crippen MR) is 117 cm³/mol. The average Bonchev–Trinajstić information content (AvgIpc) is 3.26. The minimum atomic E-state index is -0.0558. The van der Waals surface area contributed by atoms with Gasteiger partial charge in [0.2, 0.25) is 5.91 Å². The molecule has 0 spiro atoms. The van der Waals surface area contributed by atoms with Crippen molar-refractivity contribution in [2.24, 2.45) is 5.92 Å². The normalized spacial score (nSPS) is 28.5. The van der Waals surface area contributed by atoms with Gasteiger partial charge in [0.1, 0.15) is 0 Å². The number of aryl methyl sites for hydroxylation is 1. The van der Waals surface area contributed by atoms with Crippen LogP contribution in [0.2, 0.25) is 0 Å². The number of H-pyrrole nitrogens is 1. The number of aromatic amines is 1. The van der Waals surface area contributed by atoms with Crippen LogP contribution in [0.1, 0.15) is 36.2 Å². The van der Waals surface area contributed by atoms with E-state index in [1.165, 1.54) is 38.9 Å². The van der Waals surface area contributed by atoms with Gasteiger partial charge in [-0.2, -0.15) is 5.06 Å². The summed E-state index contributed by atoms with van der Waals surface area (Å²) in [7, 11) is 1.97. The lowest BCUT2D eigenvalue weighted by Crippen LogP contribution is -2.54. The van der Waals surface area contributed by atoms with Gasteiger partial charge in [-0.15, -0.1) is 0 Å². The third kappa shape index (κ3) is 2.39. The molecule has 154 valence electrons. The first-order valence-corrected chi connectivity index (χ1v) is 10.9. The fourth-order valence-electron chi connectivity index (χ4n) is 6.06. The molecule has 1 N–H and O–H groups in total. The number of hydrogen-bond donors (Lipinski definition) is 1. The molecule has 3 aromatic rings. The van der Waals surface area contributed by atoms with Crippen LogP contribution in [0.15, 0.2) is 42.5 Å². The van der Waals surface area contributed by atoms with Gasteiger partial charge in [-0.25, -0.2) is 0 Å². The van der Waals surface area contributed by atoms with Gasteiger partial charge in [-0.1, -0.05) is 36.4 Å². The Hall–Kier alpha value is -2.63. The number of amides is 1. The van der Waals surface area contributed by atoms with Gasteiger partial charge in [0.25, 0.3) is 0 Å². The third-order valence-corrected chi connectivity index (χ3v) is 7.46. The Morgan fingerprint density at radius 1 is 1.10 bits per heavy atom. The maximum Gasteiger partial charge on any atom is 0.230 e. The first-order valence-electron chi connectivity index (χ1n) is 10.9. The molecule has 2 saturated heterocycles. The predicted octanol–water partition coefficient (Wildman–Crippen LogP) is 4.22. The molecule has 3 aliphatic heterocycles. The maximum absolute atomic E-state index is 13.4. The van der Waals surface area contributed by atoms with Gasteiger partial charge in [0, 0.05) is 30.2 Å². The maximum atomic E-state index is 13.4. The van der Waals surface area contributed by atoms with Crippen LogP contribution in [0.3, 0.4) is 0 Å². The van der Waals surface area contributed by atoms with Crippen molar-refractivity contribution in [1.29, 1.82) is 0 Å². The zero-order chi connectivity index (χ0) is 20.6. The molecule has 0 unspecified atom stereocenters. The van der Waals surface area contributed by atoms with Gasteiger partial charge in [0.05, 0.1) is 24.1 Å². The Labute approximate surface area is 176 Å². The summed E-state index contributed by atoms with van der Waals surface area (Å²) in [6.45, 7) is 4.98. The van der Waals surface area contributed by atoms with E-state index in [9.17, 15) is 4.79 Å². The molecule has 5 nitrogen and oxygen atoms in total. The molecule has 0 aliphatic carbocycles. The molecule has 1 amide bonds. The van der Waals surface area contributed by atoms with Crippen LogP contribution >= 0.6 is 0 Å². The average molecular weight is 402 g/mol. The van der Waals surface area contributed by atoms with E-state index in [0.717, 1.165) is 19.4 Å². The van der Waals surface area contributed by atoms with E-state index < -0.39 is 0 Å². The lowest BCUT2D eigenvalue weighted by molar-refractivity contribution is -0.146. The van der Waals surface area contributed by atoms with Gasteiger partial charge >= 0.3 is 0 Å². The van der Waals surface area contributed by atoms with Crippen LogP contribution in [0.25, 0.3) is 22.0 Å². The Bertz CT molecular complexity index is 1170. The fourth-order valence-corrected chi connectivity index (χ4v) is 6.06. The smallest absolute Gasteiger partial charge is 0.230 e. The second-order valence-electron chi connectivity index (χ2n) is 9.04. The summed E-state index contributed by atoms with van der Waals surface area (Å²) in [5.74, 6) is 0.191. The van der Waals surface area contributed by atoms with E-state index in [4.69, 9.17) is 4.84 Å². The first kappa shape index (κ1) is 18.2. The number of hydrogen-bond acceptors (Lipinski definition) is 3. The summed E-state index contributed by atoms with van der Waals surface area (Å²) in [6, 6.07) is 15.3. The van der Waals surface area contributed by atoms with Gasteiger partial charge in [0.15, 0.2) is 0 Å². The summed E-state index contributed by atoms with van der Waals surface area (Å²) < 4.78 is 0. The molecular weight excluding hydrogens is 374 g/mol. The zero-order valence-electron chi connectivity index (χ0n) is 17.7. The fraction of sp³-hybridized carbons (Fsp3) is 0.400. The van der Waals surface area contributed by atoms with Crippen LogP contribution in [0, 0.1) is 12.8 Å². The Balaban J connectivity index is 1.50. The van der Waals surface area contributed by atoms with E-state index in [1.54, 1.807) is 0 Å². The van der Waals surface area contributed by atoms with E-state index in [-0.39, 0.29) is 30.0 Å². The second kappa shape index (κ2) is 6.43. The highest BCUT2D eigenvalue weighted by Crippen LogP contribution is 2.47. The molecule has 0 saturated carbocycles. The van der Waals surface area contributed by atoms with E-state index in [1.807, 2.05) is 19.0 Å². The topological polar surface area (TPSA) is 48.6 Å². The monoisotopic (exact) mass is 401 g/mol. The van der Waals surface area contributed by atoms with Gasteiger partial charge in [-0.05, 0) is 55.0 Å². The highest BCUT2D eigenvalue weighted by molar-refractivity contribution is 5.99. The van der Waals surface area contributed by atoms with Crippen molar-refractivity contribution >= 4 is 16.8 Å². The summed E-state index contributed by atoms with van der Waals surface area (Å²) in [6.07, 6.45) is 1.75. The van der Waals surface area contributed by atoms with E-state index >= 15 is 0 Å². The molecule has 2 fully saturated rings. The quantitative estimate of drug-likeness (QED) is 0.664. The van der Waals surface area contributed by atoms with Crippen LogP contribution in [-0.2, 0) is 16.1 Å². The van der Waals surface area contributed by atoms with Gasteiger partial charge < -0.3 is 9.88 Å². The number of nitrogens with zero attached hydrogens (tertiary/aromatic N) is 2. The number of benzene rings is 2. The zero-order valence-corrected chi connectivity index (χ0v) is 17.7. The molecular formula is C25H27N3O2. The van der Waals surface area contributed by atoms with Crippen LogP contribution in [0.5, 0.6) is 0 Å². The number of hydroxylamine groups is 2. The second-order valence-corrected chi connectivity index (χ2v) is 9.04. The summed E-state index contributed by atoms with van der Waals surface area (Å²) in [5.41, 5.74) is 7.62. The highest BCUT2D eigenvalue weighted by Gasteiger charge is 2.53. The molecule has 6 rings (SSSR count). The molecule has 2 aromatic carbocycles. The third-order valence-electron chi connectivity index (χ3n) is 7.46. The summed E-state index contributed by atoms with van der Waals surface area (Å²) in [4.78, 5) is 25.1. The molecule has 4 heterocycles. The minimum absolute atomic E-state index is 0.0507. The van der Waals surface area contributed by atoms with Crippen molar-refractivity contribution in [3.8, 4) is 11.1 Å². The van der Waals surface area contributed by atoms with Crippen molar-refractivity contribution in [3.05, 3.63) is 59.3 Å². The van der Waals surface area contributed by atoms with Crippen molar-refractivity contribution in [2.75, 3.05) is 13.6 Å². The van der Waals surface area contributed by atoms with Crippen molar-refractivity contribution in [3.63, 3.8) is 0 Å². The highest BCUT2D eigenvalue weighted by atomic mass is 16.7. The molecule has 0 radical (unpaired) electrons. The lowest BCUT2D eigenvalue weighted by atomic mass is 9.80. The molecule has 4 atom stereocenters. The number of rotatable bonds is 1. The van der Waals surface area contributed by atoms with E-state index in [2.05, 4.69) is 59.3 Å². The number of fused-ring (bicyclic) bond motifs is 6.